The first-order valence-corrected chi connectivity index (χ1v) is 5.78. The molecular formula is C12H7BrFN3. The third kappa shape index (κ3) is 1.93. The largest absolute Gasteiger partial charge is 0.236 e. The van der Waals surface area contributed by atoms with E-state index in [1.54, 1.807) is 22.8 Å². The number of benzene rings is 1. The highest BCUT2D eigenvalue weighted by molar-refractivity contribution is 9.10. The summed E-state index contributed by atoms with van der Waals surface area (Å²) in [5.74, 6) is -0.251. The average molecular weight is 292 g/mol. The number of rotatable bonds is 1. The second kappa shape index (κ2) is 3.92. The van der Waals surface area contributed by atoms with Crippen LogP contribution in [0.25, 0.3) is 16.9 Å². The second-order valence-corrected chi connectivity index (χ2v) is 4.53. The molecule has 0 radical (unpaired) electrons. The Bertz CT molecular complexity index is 676. The van der Waals surface area contributed by atoms with Gasteiger partial charge in [0.2, 0.25) is 0 Å². The van der Waals surface area contributed by atoms with E-state index in [2.05, 4.69) is 26.0 Å². The SMILES string of the molecule is Fc1ccc(-c2cc3ncc(Br)cn3n2)cc1. The Morgan fingerprint density at radius 2 is 1.94 bits per heavy atom. The first-order chi connectivity index (χ1) is 8.22. The van der Waals surface area contributed by atoms with Crippen LogP contribution in [0, 0.1) is 5.82 Å². The summed E-state index contributed by atoms with van der Waals surface area (Å²) in [5, 5.41) is 4.38. The third-order valence-electron chi connectivity index (χ3n) is 2.42. The standard InChI is InChI=1S/C12H7BrFN3/c13-9-6-15-12-5-11(16-17(12)7-9)8-1-3-10(14)4-2-8/h1-7H. The second-order valence-electron chi connectivity index (χ2n) is 3.61. The fraction of sp³-hybridized carbons (Fsp3) is 0. The highest BCUT2D eigenvalue weighted by Crippen LogP contribution is 2.20. The monoisotopic (exact) mass is 291 g/mol. The van der Waals surface area contributed by atoms with Gasteiger partial charge in [-0.1, -0.05) is 0 Å². The minimum Gasteiger partial charge on any atom is -0.236 e. The first kappa shape index (κ1) is 10.4. The van der Waals surface area contributed by atoms with Crippen molar-refractivity contribution in [1.29, 1.82) is 0 Å². The van der Waals surface area contributed by atoms with Crippen LogP contribution < -0.4 is 0 Å². The Hall–Kier alpha value is -1.75. The van der Waals surface area contributed by atoms with E-state index in [4.69, 9.17) is 0 Å². The molecule has 5 heteroatoms. The summed E-state index contributed by atoms with van der Waals surface area (Å²) in [5.41, 5.74) is 2.40. The average Bonchev–Trinajstić information content (AvgIpc) is 2.72. The molecule has 1 aromatic carbocycles. The van der Waals surface area contributed by atoms with Crippen LogP contribution in [0.2, 0.25) is 0 Å². The highest BCUT2D eigenvalue weighted by atomic mass is 79.9. The Kier molecular flexibility index (Phi) is 2.40. The quantitative estimate of drug-likeness (QED) is 0.689. The highest BCUT2D eigenvalue weighted by Gasteiger charge is 2.05. The van der Waals surface area contributed by atoms with Gasteiger partial charge < -0.3 is 0 Å². The van der Waals surface area contributed by atoms with E-state index in [0.717, 1.165) is 21.4 Å². The molecule has 0 atom stereocenters. The summed E-state index contributed by atoms with van der Waals surface area (Å²) in [4.78, 5) is 4.22. The topological polar surface area (TPSA) is 30.2 Å². The van der Waals surface area contributed by atoms with Crippen molar-refractivity contribution in [1.82, 2.24) is 14.6 Å². The molecule has 3 aromatic rings. The number of halogens is 2. The van der Waals surface area contributed by atoms with Crippen molar-refractivity contribution < 1.29 is 4.39 Å². The smallest absolute Gasteiger partial charge is 0.155 e. The molecular weight excluding hydrogens is 285 g/mol. The maximum Gasteiger partial charge on any atom is 0.155 e. The number of fused-ring (bicyclic) bond motifs is 1. The van der Waals surface area contributed by atoms with Crippen molar-refractivity contribution in [3.63, 3.8) is 0 Å². The minimum atomic E-state index is -0.251. The molecule has 0 aliphatic carbocycles. The molecule has 3 nitrogen and oxygen atoms in total. The summed E-state index contributed by atoms with van der Waals surface area (Å²) >= 11 is 3.33. The summed E-state index contributed by atoms with van der Waals surface area (Å²) in [6.45, 7) is 0. The zero-order valence-corrected chi connectivity index (χ0v) is 10.2. The predicted molar refractivity (Wildman–Crippen MR) is 66.1 cm³/mol. The van der Waals surface area contributed by atoms with Crippen molar-refractivity contribution in [3.8, 4) is 11.3 Å². The van der Waals surface area contributed by atoms with E-state index in [-0.39, 0.29) is 5.82 Å². The Labute approximate surface area is 105 Å². The van der Waals surface area contributed by atoms with Gasteiger partial charge in [0, 0.05) is 24.0 Å². The first-order valence-electron chi connectivity index (χ1n) is 4.99. The van der Waals surface area contributed by atoms with Gasteiger partial charge in [-0.25, -0.2) is 13.9 Å². The van der Waals surface area contributed by atoms with Crippen LogP contribution in [0.4, 0.5) is 4.39 Å². The van der Waals surface area contributed by atoms with Crippen molar-refractivity contribution in [2.45, 2.75) is 0 Å². The van der Waals surface area contributed by atoms with Gasteiger partial charge in [0.05, 0.1) is 10.2 Å². The fourth-order valence-electron chi connectivity index (χ4n) is 1.62. The van der Waals surface area contributed by atoms with E-state index >= 15 is 0 Å². The number of hydrogen-bond acceptors (Lipinski definition) is 2. The molecule has 84 valence electrons. The molecule has 0 saturated heterocycles. The molecule has 0 unspecified atom stereocenters. The van der Waals surface area contributed by atoms with Crippen LogP contribution in [0.15, 0.2) is 47.2 Å². The van der Waals surface area contributed by atoms with Crippen molar-refractivity contribution in [2.75, 3.05) is 0 Å². The van der Waals surface area contributed by atoms with Gasteiger partial charge >= 0.3 is 0 Å². The normalized spacial score (nSPS) is 10.9. The van der Waals surface area contributed by atoms with E-state index < -0.39 is 0 Å². The van der Waals surface area contributed by atoms with Crippen LogP contribution in [-0.2, 0) is 0 Å². The Morgan fingerprint density at radius 3 is 2.71 bits per heavy atom. The molecule has 2 heterocycles. The maximum absolute atomic E-state index is 12.8. The van der Waals surface area contributed by atoms with Crippen molar-refractivity contribution in [2.24, 2.45) is 0 Å². The van der Waals surface area contributed by atoms with Crippen LogP contribution in [0.3, 0.4) is 0 Å². The molecule has 2 aromatic heterocycles. The zero-order chi connectivity index (χ0) is 11.8. The fourth-order valence-corrected chi connectivity index (χ4v) is 1.91. The number of aromatic nitrogens is 3. The summed E-state index contributed by atoms with van der Waals surface area (Å²) in [7, 11) is 0. The molecule has 0 bridgehead atoms. The summed E-state index contributed by atoms with van der Waals surface area (Å²) in [6.07, 6.45) is 3.54. The third-order valence-corrected chi connectivity index (χ3v) is 2.83. The van der Waals surface area contributed by atoms with Gasteiger partial charge in [0.25, 0.3) is 0 Å². The lowest BCUT2D eigenvalue weighted by Gasteiger charge is -1.94. The maximum atomic E-state index is 12.8. The molecule has 0 spiro atoms. The molecule has 0 aliphatic rings. The van der Waals surface area contributed by atoms with Gasteiger partial charge in [-0.05, 0) is 40.2 Å². The van der Waals surface area contributed by atoms with Crippen molar-refractivity contribution in [3.05, 3.63) is 53.0 Å². The van der Waals surface area contributed by atoms with E-state index in [1.165, 1.54) is 12.1 Å². The van der Waals surface area contributed by atoms with E-state index in [9.17, 15) is 4.39 Å². The van der Waals surface area contributed by atoms with Gasteiger partial charge in [0.15, 0.2) is 5.65 Å². The molecule has 0 N–H and O–H groups in total. The number of hydrogen-bond donors (Lipinski definition) is 0. The van der Waals surface area contributed by atoms with Gasteiger partial charge in [-0.3, -0.25) is 0 Å². The lowest BCUT2D eigenvalue weighted by atomic mass is 10.1. The summed E-state index contributed by atoms with van der Waals surface area (Å²) < 4.78 is 15.4. The Morgan fingerprint density at radius 1 is 1.18 bits per heavy atom. The van der Waals surface area contributed by atoms with Gasteiger partial charge in [-0.2, -0.15) is 5.10 Å². The zero-order valence-electron chi connectivity index (χ0n) is 8.64. The van der Waals surface area contributed by atoms with Crippen LogP contribution in [0.5, 0.6) is 0 Å². The minimum absolute atomic E-state index is 0.251. The van der Waals surface area contributed by atoms with Crippen molar-refractivity contribution >= 4 is 21.6 Å². The summed E-state index contributed by atoms with van der Waals surface area (Å²) in [6, 6.07) is 8.10. The lowest BCUT2D eigenvalue weighted by Crippen LogP contribution is -1.88. The molecule has 0 amide bonds. The van der Waals surface area contributed by atoms with Crippen LogP contribution in [-0.4, -0.2) is 14.6 Å². The number of nitrogens with zero attached hydrogens (tertiary/aromatic N) is 3. The van der Waals surface area contributed by atoms with E-state index in [1.807, 2.05) is 12.3 Å². The van der Waals surface area contributed by atoms with Crippen LogP contribution >= 0.6 is 15.9 Å². The molecule has 0 fully saturated rings. The van der Waals surface area contributed by atoms with E-state index in [0.29, 0.717) is 0 Å². The molecule has 17 heavy (non-hydrogen) atoms. The molecule has 0 saturated carbocycles. The molecule has 3 rings (SSSR count). The lowest BCUT2D eigenvalue weighted by molar-refractivity contribution is 0.628. The van der Waals surface area contributed by atoms with Gasteiger partial charge in [0.1, 0.15) is 5.82 Å². The van der Waals surface area contributed by atoms with Gasteiger partial charge in [-0.15, -0.1) is 0 Å². The molecule has 0 aliphatic heterocycles. The Balaban J connectivity index is 2.14. The predicted octanol–water partition coefficient (Wildman–Crippen LogP) is 3.30. The van der Waals surface area contributed by atoms with Crippen LogP contribution in [0.1, 0.15) is 0 Å².